The Hall–Kier alpha value is -1.83. The Morgan fingerprint density at radius 3 is 2.55 bits per heavy atom. The van der Waals surface area contributed by atoms with E-state index in [1.165, 1.54) is 19.2 Å². The number of aromatic carboxylic acids is 1. The summed E-state index contributed by atoms with van der Waals surface area (Å²) >= 11 is 2.78. The average molecular weight is 350 g/mol. The third kappa shape index (κ3) is 2.43. The maximum Gasteiger partial charge on any atom is 0.418 e. The summed E-state index contributed by atoms with van der Waals surface area (Å²) in [4.78, 5) is 14.9. The molecule has 8 heteroatoms. The van der Waals surface area contributed by atoms with Crippen LogP contribution in [-0.2, 0) is 6.18 Å². The predicted octanol–water partition coefficient (Wildman–Crippen LogP) is 3.72. The van der Waals surface area contributed by atoms with Crippen molar-refractivity contribution in [1.29, 1.82) is 0 Å². The van der Waals surface area contributed by atoms with E-state index in [1.807, 2.05) is 0 Å². The number of ether oxygens (including phenoxy) is 1. The van der Waals surface area contributed by atoms with Crippen LogP contribution >= 0.6 is 15.9 Å². The molecule has 4 nitrogen and oxygen atoms in total. The number of benzene rings is 1. The quantitative estimate of drug-likeness (QED) is 0.839. The molecule has 0 atom stereocenters. The first-order valence-electron chi connectivity index (χ1n) is 5.23. The van der Waals surface area contributed by atoms with Crippen molar-refractivity contribution in [2.45, 2.75) is 6.18 Å². The molecule has 0 aliphatic carbocycles. The van der Waals surface area contributed by atoms with Gasteiger partial charge in [0.1, 0.15) is 15.9 Å². The molecule has 0 saturated heterocycles. The third-order valence-electron chi connectivity index (χ3n) is 2.65. The topological polar surface area (TPSA) is 59.4 Å². The van der Waals surface area contributed by atoms with Crippen molar-refractivity contribution < 1.29 is 27.8 Å². The van der Waals surface area contributed by atoms with E-state index in [4.69, 9.17) is 9.84 Å². The summed E-state index contributed by atoms with van der Waals surface area (Å²) in [5, 5.41) is 8.68. The van der Waals surface area contributed by atoms with Crippen molar-refractivity contribution in [1.82, 2.24) is 4.98 Å². The molecule has 1 aromatic carbocycles. The van der Waals surface area contributed by atoms with E-state index in [-0.39, 0.29) is 15.5 Å². The highest BCUT2D eigenvalue weighted by molar-refractivity contribution is 9.10. The molecular weight excluding hydrogens is 343 g/mol. The van der Waals surface area contributed by atoms with Gasteiger partial charge in [-0.2, -0.15) is 13.2 Å². The number of methoxy groups -OCH3 is 1. The fourth-order valence-corrected chi connectivity index (χ4v) is 2.39. The minimum atomic E-state index is -4.81. The lowest BCUT2D eigenvalue weighted by molar-refractivity contribution is -0.136. The number of carboxylic acid groups (broad SMARTS) is 1. The van der Waals surface area contributed by atoms with Crippen LogP contribution in [0.15, 0.2) is 22.8 Å². The highest BCUT2D eigenvalue weighted by atomic mass is 79.9. The molecule has 0 amide bonds. The zero-order chi connectivity index (χ0) is 15.1. The molecular formula is C12H7BrF3NO3. The second-order valence-corrected chi connectivity index (χ2v) is 4.59. The Labute approximate surface area is 119 Å². The molecule has 0 aliphatic heterocycles. The van der Waals surface area contributed by atoms with Crippen LogP contribution in [0.4, 0.5) is 13.2 Å². The Morgan fingerprint density at radius 2 is 2.05 bits per heavy atom. The second-order valence-electron chi connectivity index (χ2n) is 3.84. The van der Waals surface area contributed by atoms with E-state index in [0.717, 1.165) is 6.07 Å². The van der Waals surface area contributed by atoms with Crippen LogP contribution in [0, 0.1) is 0 Å². The van der Waals surface area contributed by atoms with Gasteiger partial charge >= 0.3 is 12.1 Å². The molecule has 0 saturated carbocycles. The normalized spacial score (nSPS) is 11.7. The molecule has 0 unspecified atom stereocenters. The number of carbonyl (C=O) groups is 1. The van der Waals surface area contributed by atoms with E-state index >= 15 is 0 Å². The standard InChI is InChI=1S/C12H7BrF3NO3/c1-20-5-2-3-6-7(4-5)17-10(13)8(11(18)19)9(6)12(14,15)16/h2-4H,1H3,(H,18,19). The number of hydrogen-bond donors (Lipinski definition) is 1. The second kappa shape index (κ2) is 4.93. The summed E-state index contributed by atoms with van der Waals surface area (Å²) in [6.07, 6.45) is -4.81. The van der Waals surface area contributed by atoms with Gasteiger partial charge in [0.2, 0.25) is 0 Å². The highest BCUT2D eigenvalue weighted by Crippen LogP contribution is 2.40. The number of alkyl halides is 3. The summed E-state index contributed by atoms with van der Waals surface area (Å²) in [6.45, 7) is 0. The molecule has 0 spiro atoms. The van der Waals surface area contributed by atoms with Gasteiger partial charge < -0.3 is 9.84 Å². The van der Waals surface area contributed by atoms with Crippen molar-refractivity contribution in [3.63, 3.8) is 0 Å². The Balaban J connectivity index is 2.94. The van der Waals surface area contributed by atoms with Gasteiger partial charge in [-0.25, -0.2) is 9.78 Å². The van der Waals surface area contributed by atoms with Gasteiger partial charge in [-0.1, -0.05) is 0 Å². The van der Waals surface area contributed by atoms with Crippen molar-refractivity contribution >= 4 is 32.8 Å². The van der Waals surface area contributed by atoms with Crippen LogP contribution < -0.4 is 4.74 Å². The lowest BCUT2D eigenvalue weighted by Crippen LogP contribution is -2.15. The average Bonchev–Trinajstić information content (AvgIpc) is 2.34. The number of pyridine rings is 1. The van der Waals surface area contributed by atoms with Crippen LogP contribution in [-0.4, -0.2) is 23.2 Å². The minimum absolute atomic E-state index is 0.00597. The molecule has 2 aromatic rings. The molecule has 0 radical (unpaired) electrons. The fourth-order valence-electron chi connectivity index (χ4n) is 1.83. The number of rotatable bonds is 2. The number of hydrogen-bond acceptors (Lipinski definition) is 3. The van der Waals surface area contributed by atoms with Gasteiger partial charge in [0, 0.05) is 11.5 Å². The monoisotopic (exact) mass is 349 g/mol. The Morgan fingerprint density at radius 1 is 1.40 bits per heavy atom. The van der Waals surface area contributed by atoms with Gasteiger partial charge in [0.05, 0.1) is 18.2 Å². The summed E-state index contributed by atoms with van der Waals surface area (Å²) < 4.78 is 44.0. The van der Waals surface area contributed by atoms with E-state index in [1.54, 1.807) is 0 Å². The van der Waals surface area contributed by atoms with E-state index < -0.39 is 23.3 Å². The molecule has 0 bridgehead atoms. The van der Waals surface area contributed by atoms with Crippen LogP contribution in [0.25, 0.3) is 10.9 Å². The Bertz CT molecular complexity index is 700. The Kier molecular flexibility index (Phi) is 3.59. The van der Waals surface area contributed by atoms with Crippen LogP contribution in [0.5, 0.6) is 5.75 Å². The molecule has 1 N–H and O–H groups in total. The predicted molar refractivity (Wildman–Crippen MR) is 68.0 cm³/mol. The molecule has 20 heavy (non-hydrogen) atoms. The van der Waals surface area contributed by atoms with Gasteiger partial charge in [0.25, 0.3) is 0 Å². The first-order chi connectivity index (χ1) is 9.25. The molecule has 1 heterocycles. The third-order valence-corrected chi connectivity index (χ3v) is 3.22. The zero-order valence-corrected chi connectivity index (χ0v) is 11.5. The molecule has 0 aliphatic rings. The SMILES string of the molecule is COc1ccc2c(C(F)(F)F)c(C(=O)O)c(Br)nc2c1. The maximum absolute atomic E-state index is 13.2. The summed E-state index contributed by atoms with van der Waals surface area (Å²) in [6, 6.07) is 3.77. The molecule has 106 valence electrons. The van der Waals surface area contributed by atoms with Crippen LogP contribution in [0.2, 0.25) is 0 Å². The lowest BCUT2D eigenvalue weighted by Gasteiger charge is -2.15. The van der Waals surface area contributed by atoms with Gasteiger partial charge in [-0.05, 0) is 28.1 Å². The molecule has 0 fully saturated rings. The van der Waals surface area contributed by atoms with Crippen molar-refractivity contribution in [3.05, 3.63) is 33.9 Å². The van der Waals surface area contributed by atoms with E-state index in [0.29, 0.717) is 5.75 Å². The lowest BCUT2D eigenvalue weighted by atomic mass is 10.0. The fraction of sp³-hybridized carbons (Fsp3) is 0.167. The molecule has 2 rings (SSSR count). The smallest absolute Gasteiger partial charge is 0.418 e. The van der Waals surface area contributed by atoms with Crippen LogP contribution in [0.3, 0.4) is 0 Å². The number of nitrogens with zero attached hydrogens (tertiary/aromatic N) is 1. The first kappa shape index (κ1) is 14.6. The first-order valence-corrected chi connectivity index (χ1v) is 6.02. The van der Waals surface area contributed by atoms with E-state index in [2.05, 4.69) is 20.9 Å². The maximum atomic E-state index is 13.2. The van der Waals surface area contributed by atoms with Gasteiger partial charge in [-0.3, -0.25) is 0 Å². The number of aromatic nitrogens is 1. The van der Waals surface area contributed by atoms with Crippen molar-refractivity contribution in [2.24, 2.45) is 0 Å². The van der Waals surface area contributed by atoms with Crippen molar-refractivity contribution in [3.8, 4) is 5.75 Å². The molecule has 1 aromatic heterocycles. The summed E-state index contributed by atoms with van der Waals surface area (Å²) in [5.74, 6) is -1.37. The number of halogens is 4. The number of carboxylic acids is 1. The largest absolute Gasteiger partial charge is 0.497 e. The van der Waals surface area contributed by atoms with Gasteiger partial charge in [0.15, 0.2) is 0 Å². The summed E-state index contributed by atoms with van der Waals surface area (Å²) in [7, 11) is 1.37. The van der Waals surface area contributed by atoms with Crippen molar-refractivity contribution in [2.75, 3.05) is 7.11 Å². The zero-order valence-electron chi connectivity index (χ0n) is 9.95. The van der Waals surface area contributed by atoms with E-state index in [9.17, 15) is 18.0 Å². The van der Waals surface area contributed by atoms with Crippen LogP contribution in [0.1, 0.15) is 15.9 Å². The minimum Gasteiger partial charge on any atom is -0.497 e. The van der Waals surface area contributed by atoms with Gasteiger partial charge in [-0.15, -0.1) is 0 Å². The highest BCUT2D eigenvalue weighted by Gasteiger charge is 2.39. The summed E-state index contributed by atoms with van der Waals surface area (Å²) in [5.41, 5.74) is -2.15. The number of fused-ring (bicyclic) bond motifs is 1.